The van der Waals surface area contributed by atoms with Crippen molar-refractivity contribution in [1.82, 2.24) is 15.1 Å². The lowest BCUT2D eigenvalue weighted by atomic mass is 10.3. The first-order valence-electron chi connectivity index (χ1n) is 8.35. The molecule has 0 fully saturated rings. The summed E-state index contributed by atoms with van der Waals surface area (Å²) >= 11 is 1.04. The Kier molecular flexibility index (Phi) is 5.60. The number of ether oxygens (including phenoxy) is 1. The fraction of sp³-hybridized carbons (Fsp3) is 0.278. The lowest BCUT2D eigenvalue weighted by molar-refractivity contribution is -0.143. The lowest BCUT2D eigenvalue weighted by Crippen LogP contribution is -2.40. The largest absolute Gasteiger partial charge is 0.448 e. The molecule has 1 atom stereocenters. The minimum Gasteiger partial charge on any atom is -0.448 e. The number of aryl methyl sites for hydroxylation is 1. The zero-order valence-corrected chi connectivity index (χ0v) is 16.0. The Morgan fingerprint density at radius 1 is 1.28 bits per heavy atom. The second kappa shape index (κ2) is 7.82. The van der Waals surface area contributed by atoms with Crippen LogP contribution in [-0.4, -0.2) is 40.5 Å². The number of alkyl halides is 3. The number of fused-ring (bicyclic) bond motifs is 1. The van der Waals surface area contributed by atoms with E-state index in [4.69, 9.17) is 4.74 Å². The molecule has 2 heterocycles. The highest BCUT2D eigenvalue weighted by Crippen LogP contribution is 2.31. The van der Waals surface area contributed by atoms with E-state index in [0.717, 1.165) is 11.3 Å². The number of amides is 1. The third-order valence-corrected chi connectivity index (χ3v) is 5.02. The molecule has 1 amide bonds. The van der Waals surface area contributed by atoms with Crippen LogP contribution < -0.4 is 5.32 Å². The van der Waals surface area contributed by atoms with Crippen LogP contribution in [0.4, 0.5) is 17.6 Å². The average Bonchev–Trinajstić information content (AvgIpc) is 3.20. The number of hydrogen-bond acceptors (Lipinski definition) is 5. The van der Waals surface area contributed by atoms with Crippen LogP contribution in [0.1, 0.15) is 22.3 Å². The molecule has 154 valence electrons. The molecular weight excluding hydrogens is 414 g/mol. The molecule has 0 saturated heterocycles. The molecule has 0 bridgehead atoms. The average molecular weight is 429 g/mol. The van der Waals surface area contributed by atoms with E-state index in [1.165, 1.54) is 37.3 Å². The Bertz CT molecular complexity index is 1060. The standard InChI is InChI=1S/C18H15F4N3O3S/c1-9-13-7-14(17(27)28-10(2)15(26)23-8-18(20,21)22)29-16(13)25(24-9)12-5-3-11(19)4-6-12/h3-7,10H,8H2,1-2H3,(H,23,26). The normalized spacial score (nSPS) is 12.8. The first-order chi connectivity index (χ1) is 13.5. The van der Waals surface area contributed by atoms with Gasteiger partial charge in [-0.05, 0) is 44.2 Å². The van der Waals surface area contributed by atoms with E-state index in [0.29, 0.717) is 21.6 Å². The predicted octanol–water partition coefficient (Wildman–Crippen LogP) is 3.76. The maximum atomic E-state index is 13.2. The molecule has 1 N–H and O–H groups in total. The Morgan fingerprint density at radius 3 is 2.55 bits per heavy atom. The quantitative estimate of drug-likeness (QED) is 0.495. The van der Waals surface area contributed by atoms with E-state index in [9.17, 15) is 27.2 Å². The van der Waals surface area contributed by atoms with Crippen molar-refractivity contribution in [3.63, 3.8) is 0 Å². The molecule has 29 heavy (non-hydrogen) atoms. The van der Waals surface area contributed by atoms with Gasteiger partial charge in [-0.15, -0.1) is 11.3 Å². The van der Waals surface area contributed by atoms with Gasteiger partial charge in [-0.3, -0.25) is 4.79 Å². The Balaban J connectivity index is 1.78. The minimum absolute atomic E-state index is 0.159. The van der Waals surface area contributed by atoms with Gasteiger partial charge in [-0.25, -0.2) is 13.9 Å². The Morgan fingerprint density at radius 2 is 1.93 bits per heavy atom. The van der Waals surface area contributed by atoms with Crippen molar-refractivity contribution in [3.8, 4) is 5.69 Å². The van der Waals surface area contributed by atoms with E-state index in [-0.39, 0.29) is 4.88 Å². The number of nitrogens with one attached hydrogen (secondary N) is 1. The van der Waals surface area contributed by atoms with Crippen LogP contribution in [0.3, 0.4) is 0 Å². The molecule has 6 nitrogen and oxygen atoms in total. The second-order valence-corrected chi connectivity index (χ2v) is 7.21. The van der Waals surface area contributed by atoms with Crippen LogP contribution in [0, 0.1) is 12.7 Å². The molecule has 0 aliphatic heterocycles. The number of nitrogens with zero attached hydrogens (tertiary/aromatic N) is 2. The molecule has 11 heteroatoms. The third kappa shape index (κ3) is 4.73. The van der Waals surface area contributed by atoms with Crippen molar-refractivity contribution < 1.29 is 31.9 Å². The first-order valence-corrected chi connectivity index (χ1v) is 9.17. The fourth-order valence-electron chi connectivity index (χ4n) is 2.51. The molecule has 0 aliphatic rings. The smallest absolute Gasteiger partial charge is 0.405 e. The number of thiophene rings is 1. The summed E-state index contributed by atoms with van der Waals surface area (Å²) in [4.78, 5) is 24.8. The van der Waals surface area contributed by atoms with Crippen molar-refractivity contribution >= 4 is 33.4 Å². The maximum absolute atomic E-state index is 13.2. The van der Waals surface area contributed by atoms with Crippen LogP contribution in [0.25, 0.3) is 15.9 Å². The van der Waals surface area contributed by atoms with Gasteiger partial charge in [0, 0.05) is 5.39 Å². The summed E-state index contributed by atoms with van der Waals surface area (Å²) in [5, 5.41) is 6.70. The maximum Gasteiger partial charge on any atom is 0.405 e. The minimum atomic E-state index is -4.56. The van der Waals surface area contributed by atoms with E-state index in [2.05, 4.69) is 5.10 Å². The van der Waals surface area contributed by atoms with Crippen molar-refractivity contribution in [2.45, 2.75) is 26.1 Å². The van der Waals surface area contributed by atoms with Crippen molar-refractivity contribution in [1.29, 1.82) is 0 Å². The van der Waals surface area contributed by atoms with Crippen LogP contribution >= 0.6 is 11.3 Å². The Hall–Kier alpha value is -2.95. The molecule has 1 unspecified atom stereocenters. The summed E-state index contributed by atoms with van der Waals surface area (Å²) in [6.45, 7) is 1.41. The SMILES string of the molecule is Cc1nn(-c2ccc(F)cc2)c2sc(C(=O)OC(C)C(=O)NCC(F)(F)F)cc12. The van der Waals surface area contributed by atoms with Gasteiger partial charge < -0.3 is 10.1 Å². The van der Waals surface area contributed by atoms with Gasteiger partial charge in [0.25, 0.3) is 5.91 Å². The van der Waals surface area contributed by atoms with Crippen molar-refractivity contribution in [2.24, 2.45) is 0 Å². The highest BCUT2D eigenvalue weighted by atomic mass is 32.1. The van der Waals surface area contributed by atoms with Crippen LogP contribution in [0.5, 0.6) is 0 Å². The van der Waals surface area contributed by atoms with Gasteiger partial charge >= 0.3 is 12.1 Å². The first kappa shape index (κ1) is 20.8. The summed E-state index contributed by atoms with van der Waals surface area (Å²) in [7, 11) is 0. The summed E-state index contributed by atoms with van der Waals surface area (Å²) in [5.41, 5.74) is 1.21. The number of carbonyl (C=O) groups is 2. The molecule has 2 aromatic heterocycles. The van der Waals surface area contributed by atoms with Crippen molar-refractivity contribution in [3.05, 3.63) is 46.7 Å². The number of benzene rings is 1. The zero-order chi connectivity index (χ0) is 21.3. The highest BCUT2D eigenvalue weighted by molar-refractivity contribution is 7.20. The van der Waals surface area contributed by atoms with Gasteiger partial charge in [0.15, 0.2) is 6.10 Å². The summed E-state index contributed by atoms with van der Waals surface area (Å²) < 4.78 is 56.2. The van der Waals surface area contributed by atoms with Gasteiger partial charge in [-0.1, -0.05) is 0 Å². The Labute approximate surface area is 166 Å². The number of hydrogen-bond donors (Lipinski definition) is 1. The van der Waals surface area contributed by atoms with E-state index < -0.39 is 36.5 Å². The monoisotopic (exact) mass is 429 g/mol. The summed E-state index contributed by atoms with van der Waals surface area (Å²) in [6, 6.07) is 7.16. The highest BCUT2D eigenvalue weighted by Gasteiger charge is 2.30. The molecule has 0 radical (unpaired) electrons. The number of rotatable bonds is 5. The van der Waals surface area contributed by atoms with Crippen LogP contribution in [0.15, 0.2) is 30.3 Å². The number of aromatic nitrogens is 2. The molecular formula is C18H15F4N3O3S. The van der Waals surface area contributed by atoms with E-state index >= 15 is 0 Å². The zero-order valence-electron chi connectivity index (χ0n) is 15.2. The summed E-state index contributed by atoms with van der Waals surface area (Å²) in [6.07, 6.45) is -5.96. The molecule has 3 aromatic rings. The molecule has 0 aliphatic carbocycles. The molecule has 3 rings (SSSR count). The molecule has 0 saturated carbocycles. The van der Waals surface area contributed by atoms with Crippen LogP contribution in [0.2, 0.25) is 0 Å². The number of esters is 1. The van der Waals surface area contributed by atoms with Crippen molar-refractivity contribution in [2.75, 3.05) is 6.54 Å². The topological polar surface area (TPSA) is 73.2 Å². The number of halogens is 4. The summed E-state index contributed by atoms with van der Waals surface area (Å²) in [5.74, 6) is -2.29. The third-order valence-electron chi connectivity index (χ3n) is 3.93. The lowest BCUT2D eigenvalue weighted by Gasteiger charge is -2.14. The fourth-order valence-corrected chi connectivity index (χ4v) is 3.57. The second-order valence-electron chi connectivity index (χ2n) is 6.18. The van der Waals surface area contributed by atoms with Crippen LogP contribution in [-0.2, 0) is 9.53 Å². The van der Waals surface area contributed by atoms with E-state index in [1.54, 1.807) is 16.9 Å². The molecule has 0 spiro atoms. The van der Waals surface area contributed by atoms with Gasteiger partial charge in [0.05, 0.1) is 11.4 Å². The van der Waals surface area contributed by atoms with E-state index in [1.807, 2.05) is 0 Å². The number of carbonyl (C=O) groups excluding carboxylic acids is 2. The van der Waals surface area contributed by atoms with Gasteiger partial charge in [0.1, 0.15) is 22.1 Å². The van der Waals surface area contributed by atoms with Gasteiger partial charge in [0.2, 0.25) is 0 Å². The molecule has 1 aromatic carbocycles. The van der Waals surface area contributed by atoms with Gasteiger partial charge in [-0.2, -0.15) is 18.3 Å². The predicted molar refractivity (Wildman–Crippen MR) is 97.6 cm³/mol.